The number of carboxylic acid groups (broad SMARTS) is 1. The van der Waals surface area contributed by atoms with Crippen molar-refractivity contribution in [2.45, 2.75) is 45.1 Å². The molecule has 13 heteroatoms. The normalized spacial score (nSPS) is 15.9. The van der Waals surface area contributed by atoms with E-state index in [1.807, 2.05) is 31.1 Å². The first kappa shape index (κ1) is 27.8. The maximum atomic E-state index is 13.4. The van der Waals surface area contributed by atoms with Crippen LogP contribution in [0.2, 0.25) is 0 Å². The number of hydrogen-bond acceptors (Lipinski definition) is 8. The summed E-state index contributed by atoms with van der Waals surface area (Å²) in [6.07, 6.45) is 5.03. The molecule has 0 spiro atoms. The minimum Gasteiger partial charge on any atom is -0.478 e. The van der Waals surface area contributed by atoms with Crippen LogP contribution < -0.4 is 26.4 Å². The van der Waals surface area contributed by atoms with E-state index in [4.69, 9.17) is 0 Å². The SMILES string of the molecule is CNC(=O)NC1CCCN(c2nc3cc(C(=O)Nc4nc(C(C)(C)C)cs4)ccn3c(=O)c2/C=C/C(=O)O)C1. The second-order valence-electron chi connectivity index (χ2n) is 10.2. The molecule has 4 rings (SSSR count). The zero-order valence-corrected chi connectivity index (χ0v) is 23.0. The van der Waals surface area contributed by atoms with Crippen molar-refractivity contribution in [1.29, 1.82) is 0 Å². The number of aromatic nitrogens is 3. The number of piperidine rings is 1. The molecule has 3 aromatic rings. The van der Waals surface area contributed by atoms with Crippen molar-refractivity contribution < 1.29 is 19.5 Å². The highest BCUT2D eigenvalue weighted by Gasteiger charge is 2.26. The fourth-order valence-electron chi connectivity index (χ4n) is 4.21. The lowest BCUT2D eigenvalue weighted by Gasteiger charge is -2.34. The van der Waals surface area contributed by atoms with Crippen molar-refractivity contribution >= 4 is 51.9 Å². The molecule has 1 atom stereocenters. The Morgan fingerprint density at radius 1 is 1.23 bits per heavy atom. The van der Waals surface area contributed by atoms with Crippen LogP contribution in [-0.4, -0.2) is 63.6 Å². The largest absolute Gasteiger partial charge is 0.478 e. The number of amides is 3. The molecule has 1 fully saturated rings. The summed E-state index contributed by atoms with van der Waals surface area (Å²) in [6.45, 7) is 7.05. The number of hydrogen-bond donors (Lipinski definition) is 4. The van der Waals surface area contributed by atoms with Gasteiger partial charge < -0.3 is 20.6 Å². The van der Waals surface area contributed by atoms with E-state index in [2.05, 4.69) is 25.9 Å². The average Bonchev–Trinajstić information content (AvgIpc) is 3.37. The molecular formula is C26H31N7O5S. The van der Waals surface area contributed by atoms with Gasteiger partial charge >= 0.3 is 12.0 Å². The van der Waals surface area contributed by atoms with Gasteiger partial charge in [0.15, 0.2) is 5.13 Å². The highest BCUT2D eigenvalue weighted by atomic mass is 32.1. The van der Waals surface area contributed by atoms with Crippen LogP contribution >= 0.6 is 11.3 Å². The second-order valence-corrected chi connectivity index (χ2v) is 11.1. The van der Waals surface area contributed by atoms with Gasteiger partial charge in [0.25, 0.3) is 11.5 Å². The minimum absolute atomic E-state index is 0.102. The van der Waals surface area contributed by atoms with Crippen LogP contribution in [0.25, 0.3) is 11.7 Å². The minimum atomic E-state index is -1.20. The van der Waals surface area contributed by atoms with Crippen molar-refractivity contribution in [1.82, 2.24) is 25.0 Å². The third kappa shape index (κ3) is 6.42. The maximum absolute atomic E-state index is 13.4. The summed E-state index contributed by atoms with van der Waals surface area (Å²) in [5, 5.41) is 19.8. The number of nitrogens with zero attached hydrogens (tertiary/aromatic N) is 4. The van der Waals surface area contributed by atoms with Crippen LogP contribution in [-0.2, 0) is 10.2 Å². The molecule has 0 saturated carbocycles. The smallest absolute Gasteiger partial charge is 0.328 e. The molecule has 3 amide bonds. The molecule has 1 aliphatic rings. The number of thiazole rings is 1. The van der Waals surface area contributed by atoms with Crippen LogP contribution in [0.15, 0.2) is 34.6 Å². The van der Waals surface area contributed by atoms with Gasteiger partial charge in [0.1, 0.15) is 11.5 Å². The standard InChI is InChI=1S/C26H31N7O5S/c1-26(2,3)18-14-39-25(29-18)31-22(36)15-9-11-33-19(12-15)30-21(17(23(33)37)7-8-20(34)35)32-10-5-6-16(13-32)28-24(38)27-4/h7-9,11-12,14,16H,5-6,10,13H2,1-4H3,(H,34,35)(H2,27,28,38)(H,29,31,36)/b8-7+. The number of anilines is 2. The van der Waals surface area contributed by atoms with Crippen LogP contribution in [0.3, 0.4) is 0 Å². The number of carbonyl (C=O) groups is 3. The van der Waals surface area contributed by atoms with Gasteiger partial charge in [0.2, 0.25) is 0 Å². The third-order valence-electron chi connectivity index (χ3n) is 6.28. The van der Waals surface area contributed by atoms with Gasteiger partial charge in [-0.15, -0.1) is 11.3 Å². The molecule has 4 N–H and O–H groups in total. The van der Waals surface area contributed by atoms with Crippen molar-refractivity contribution in [3.63, 3.8) is 0 Å². The number of carboxylic acids is 1. The maximum Gasteiger partial charge on any atom is 0.328 e. The van der Waals surface area contributed by atoms with E-state index >= 15 is 0 Å². The summed E-state index contributed by atoms with van der Waals surface area (Å²) in [5.74, 6) is -1.31. The van der Waals surface area contributed by atoms with Gasteiger partial charge in [-0.2, -0.15) is 0 Å². The zero-order valence-electron chi connectivity index (χ0n) is 22.1. The Hall–Kier alpha value is -4.26. The summed E-state index contributed by atoms with van der Waals surface area (Å²) < 4.78 is 1.27. The number of rotatable bonds is 6. The highest BCUT2D eigenvalue weighted by Crippen LogP contribution is 2.27. The highest BCUT2D eigenvalue weighted by molar-refractivity contribution is 7.14. The lowest BCUT2D eigenvalue weighted by Crippen LogP contribution is -2.50. The molecule has 0 bridgehead atoms. The predicted molar refractivity (Wildman–Crippen MR) is 150 cm³/mol. The topological polar surface area (TPSA) is 158 Å². The number of pyridine rings is 1. The summed E-state index contributed by atoms with van der Waals surface area (Å²) in [7, 11) is 1.53. The number of fused-ring (bicyclic) bond motifs is 1. The van der Waals surface area contributed by atoms with Gasteiger partial charge in [0, 0.05) is 54.8 Å². The number of nitrogens with one attached hydrogen (secondary N) is 3. The van der Waals surface area contributed by atoms with E-state index in [1.165, 1.54) is 47.2 Å². The Bertz CT molecular complexity index is 1500. The molecule has 0 aromatic carbocycles. The summed E-state index contributed by atoms with van der Waals surface area (Å²) in [5.41, 5.74) is 0.852. The van der Waals surface area contributed by atoms with Gasteiger partial charge in [0.05, 0.1) is 11.3 Å². The second kappa shape index (κ2) is 11.2. The molecule has 4 heterocycles. The van der Waals surface area contributed by atoms with Crippen molar-refractivity contribution in [3.05, 3.63) is 57.0 Å². The van der Waals surface area contributed by atoms with E-state index < -0.39 is 17.4 Å². The van der Waals surface area contributed by atoms with Crippen molar-refractivity contribution in [2.75, 3.05) is 30.4 Å². The molecule has 1 saturated heterocycles. The quantitative estimate of drug-likeness (QED) is 0.339. The lowest BCUT2D eigenvalue weighted by atomic mass is 9.93. The molecule has 1 aliphatic heterocycles. The van der Waals surface area contributed by atoms with E-state index in [0.29, 0.717) is 18.2 Å². The molecule has 39 heavy (non-hydrogen) atoms. The summed E-state index contributed by atoms with van der Waals surface area (Å²) in [6, 6.07) is 2.50. The van der Waals surface area contributed by atoms with Gasteiger partial charge in [-0.3, -0.25) is 19.3 Å². The van der Waals surface area contributed by atoms with Crippen LogP contribution in [0.5, 0.6) is 0 Å². The average molecular weight is 554 g/mol. The fourth-order valence-corrected chi connectivity index (χ4v) is 5.14. The first-order chi connectivity index (χ1) is 18.5. The Morgan fingerprint density at radius 2 is 2.00 bits per heavy atom. The van der Waals surface area contributed by atoms with E-state index in [0.717, 1.165) is 24.6 Å². The van der Waals surface area contributed by atoms with Gasteiger partial charge in [-0.25, -0.2) is 19.6 Å². The van der Waals surface area contributed by atoms with Gasteiger partial charge in [-0.05, 0) is 31.1 Å². The van der Waals surface area contributed by atoms with Crippen LogP contribution in [0.1, 0.15) is 55.2 Å². The first-order valence-corrected chi connectivity index (χ1v) is 13.3. The lowest BCUT2D eigenvalue weighted by molar-refractivity contribution is -0.131. The Morgan fingerprint density at radius 3 is 2.67 bits per heavy atom. The number of aliphatic carboxylic acids is 1. The first-order valence-electron chi connectivity index (χ1n) is 12.4. The zero-order chi connectivity index (χ0) is 28.3. The molecule has 12 nitrogen and oxygen atoms in total. The van der Waals surface area contributed by atoms with E-state index in [9.17, 15) is 24.3 Å². The summed E-state index contributed by atoms with van der Waals surface area (Å²) in [4.78, 5) is 60.6. The van der Waals surface area contributed by atoms with Crippen LogP contribution in [0, 0.1) is 0 Å². The Labute approximate surface area is 228 Å². The van der Waals surface area contributed by atoms with Crippen molar-refractivity contribution in [2.24, 2.45) is 0 Å². The molecule has 206 valence electrons. The third-order valence-corrected chi connectivity index (χ3v) is 7.03. The summed E-state index contributed by atoms with van der Waals surface area (Å²) >= 11 is 1.33. The van der Waals surface area contributed by atoms with Gasteiger partial charge in [-0.1, -0.05) is 20.8 Å². The van der Waals surface area contributed by atoms with E-state index in [-0.39, 0.29) is 40.1 Å². The van der Waals surface area contributed by atoms with E-state index in [1.54, 1.807) is 0 Å². The molecule has 3 aromatic heterocycles. The molecule has 0 aliphatic carbocycles. The number of carbonyl (C=O) groups excluding carboxylic acids is 2. The molecular weight excluding hydrogens is 522 g/mol. The van der Waals surface area contributed by atoms with Crippen molar-refractivity contribution in [3.8, 4) is 0 Å². The molecule has 0 radical (unpaired) electrons. The molecule has 1 unspecified atom stereocenters. The predicted octanol–water partition coefficient (Wildman–Crippen LogP) is 2.70. The Balaban J connectivity index is 1.70. The fraction of sp³-hybridized carbons (Fsp3) is 0.385. The monoisotopic (exact) mass is 553 g/mol. The Kier molecular flexibility index (Phi) is 8.00. The van der Waals surface area contributed by atoms with Crippen LogP contribution in [0.4, 0.5) is 15.7 Å². The number of urea groups is 1.